The smallest absolute Gasteiger partial charge is 0.270 e. The average molecular weight is 477 g/mol. The van der Waals surface area contributed by atoms with Gasteiger partial charge in [-0.15, -0.1) is 0 Å². The molecule has 3 heterocycles. The van der Waals surface area contributed by atoms with E-state index in [1.165, 1.54) is 5.69 Å². The summed E-state index contributed by atoms with van der Waals surface area (Å²) in [6, 6.07) is 20.5. The highest BCUT2D eigenvalue weighted by molar-refractivity contribution is 6.33. The van der Waals surface area contributed by atoms with Crippen LogP contribution in [0, 0.1) is 0 Å². The van der Waals surface area contributed by atoms with E-state index in [4.69, 9.17) is 11.6 Å². The summed E-state index contributed by atoms with van der Waals surface area (Å²) in [6.45, 7) is 6.87. The fourth-order valence-electron chi connectivity index (χ4n) is 4.85. The molecule has 0 aliphatic carbocycles. The van der Waals surface area contributed by atoms with Crippen LogP contribution >= 0.6 is 11.6 Å². The van der Waals surface area contributed by atoms with E-state index in [0.717, 1.165) is 74.3 Å². The Balaban J connectivity index is 1.20. The molecule has 0 saturated carbocycles. The number of aromatic nitrogens is 1. The predicted molar refractivity (Wildman–Crippen MR) is 139 cm³/mol. The van der Waals surface area contributed by atoms with E-state index in [1.807, 2.05) is 53.0 Å². The van der Waals surface area contributed by atoms with E-state index >= 15 is 0 Å². The van der Waals surface area contributed by atoms with Crippen LogP contribution in [0.1, 0.15) is 16.1 Å². The summed E-state index contributed by atoms with van der Waals surface area (Å²) in [5.41, 5.74) is 4.14. The van der Waals surface area contributed by atoms with E-state index in [2.05, 4.69) is 50.9 Å². The van der Waals surface area contributed by atoms with Gasteiger partial charge in [-0.2, -0.15) is 0 Å². The SMILES string of the molecule is Cn1cc(C=[N+]2CCN(c3ccccc3Cl)CC2)cc1C(=O)N1CCN(c2ccccc2)CC1. The first-order valence-corrected chi connectivity index (χ1v) is 12.3. The van der Waals surface area contributed by atoms with Crippen molar-refractivity contribution in [2.24, 2.45) is 7.05 Å². The number of carbonyl (C=O) groups excluding carboxylic acids is 1. The topological polar surface area (TPSA) is 34.7 Å². The summed E-state index contributed by atoms with van der Waals surface area (Å²) in [5, 5.41) is 0.802. The standard InChI is InChI=1S/C27H31ClN5O/c1-29-20-22(21-30-11-13-32(14-12-30)25-10-6-5-9-24(25)28)19-26(29)27(34)33-17-15-31(16-18-33)23-7-3-2-4-8-23/h2-10,19-21H,11-18H2,1H3/q+1. The number of piperazine rings is 2. The predicted octanol–water partition coefficient (Wildman–Crippen LogP) is 3.59. The fraction of sp³-hybridized carbons (Fsp3) is 0.333. The number of hydrogen-bond acceptors (Lipinski definition) is 3. The molecule has 1 amide bonds. The van der Waals surface area contributed by atoms with Crippen molar-refractivity contribution in [2.75, 3.05) is 62.2 Å². The number of anilines is 2. The van der Waals surface area contributed by atoms with E-state index in [-0.39, 0.29) is 5.91 Å². The number of nitrogens with zero attached hydrogens (tertiary/aromatic N) is 5. The van der Waals surface area contributed by atoms with Gasteiger partial charge < -0.3 is 19.3 Å². The molecule has 0 radical (unpaired) electrons. The van der Waals surface area contributed by atoms with Crippen LogP contribution in [0.2, 0.25) is 5.02 Å². The number of amides is 1. The Bertz CT molecular complexity index is 1170. The zero-order valence-electron chi connectivity index (χ0n) is 19.6. The van der Waals surface area contributed by atoms with Crippen molar-refractivity contribution in [3.63, 3.8) is 0 Å². The minimum atomic E-state index is 0.110. The van der Waals surface area contributed by atoms with E-state index in [9.17, 15) is 4.79 Å². The molecule has 0 bridgehead atoms. The van der Waals surface area contributed by atoms with Gasteiger partial charge in [0.1, 0.15) is 5.69 Å². The summed E-state index contributed by atoms with van der Waals surface area (Å²) in [7, 11) is 1.96. The third-order valence-corrected chi connectivity index (χ3v) is 7.09. The van der Waals surface area contributed by atoms with Crippen LogP contribution in [-0.4, -0.2) is 78.5 Å². The van der Waals surface area contributed by atoms with Crippen LogP contribution < -0.4 is 9.80 Å². The highest BCUT2D eigenvalue weighted by Gasteiger charge is 2.25. The number of carbonyl (C=O) groups is 1. The molecule has 7 heteroatoms. The molecule has 2 aromatic carbocycles. The lowest BCUT2D eigenvalue weighted by Gasteiger charge is -2.36. The molecule has 1 aromatic heterocycles. The Kier molecular flexibility index (Phi) is 6.59. The quantitative estimate of drug-likeness (QED) is 0.540. The molecule has 2 aliphatic heterocycles. The lowest BCUT2D eigenvalue weighted by Crippen LogP contribution is -2.49. The van der Waals surface area contributed by atoms with Crippen LogP contribution in [0.15, 0.2) is 66.9 Å². The maximum Gasteiger partial charge on any atom is 0.270 e. The van der Waals surface area contributed by atoms with E-state index in [0.29, 0.717) is 0 Å². The van der Waals surface area contributed by atoms with Crippen LogP contribution in [0.25, 0.3) is 0 Å². The number of benzene rings is 2. The summed E-state index contributed by atoms with van der Waals surface area (Å²) in [5.74, 6) is 0.110. The molecular weight excluding hydrogens is 446 g/mol. The van der Waals surface area contributed by atoms with Crippen LogP contribution in [0.4, 0.5) is 11.4 Å². The summed E-state index contributed by atoms with van der Waals surface area (Å²) >= 11 is 6.37. The largest absolute Gasteiger partial charge is 0.368 e. The maximum atomic E-state index is 13.2. The van der Waals surface area contributed by atoms with Gasteiger partial charge in [-0.1, -0.05) is 41.9 Å². The first kappa shape index (κ1) is 22.5. The molecule has 3 aromatic rings. The second-order valence-corrected chi connectivity index (χ2v) is 9.40. The number of aryl methyl sites for hydroxylation is 1. The molecule has 0 N–H and O–H groups in total. The number of halogens is 1. The molecule has 0 atom stereocenters. The van der Waals surface area contributed by atoms with Gasteiger partial charge in [-0.25, -0.2) is 4.58 Å². The lowest BCUT2D eigenvalue weighted by atomic mass is 10.2. The van der Waals surface area contributed by atoms with Crippen molar-refractivity contribution in [3.05, 3.63) is 83.1 Å². The first-order valence-electron chi connectivity index (χ1n) is 11.9. The van der Waals surface area contributed by atoms with Gasteiger partial charge in [-0.3, -0.25) is 4.79 Å². The third kappa shape index (κ3) is 4.82. The fourth-order valence-corrected chi connectivity index (χ4v) is 5.11. The minimum absolute atomic E-state index is 0.110. The molecule has 0 unspecified atom stereocenters. The van der Waals surface area contributed by atoms with Crippen molar-refractivity contribution in [2.45, 2.75) is 0 Å². The second kappa shape index (κ2) is 9.94. The van der Waals surface area contributed by atoms with Crippen LogP contribution in [0.5, 0.6) is 0 Å². The Morgan fingerprint density at radius 3 is 2.26 bits per heavy atom. The molecule has 2 fully saturated rings. The van der Waals surface area contributed by atoms with Gasteiger partial charge in [0.15, 0.2) is 19.3 Å². The minimum Gasteiger partial charge on any atom is -0.368 e. The van der Waals surface area contributed by atoms with Gasteiger partial charge in [0, 0.05) is 45.1 Å². The summed E-state index contributed by atoms with van der Waals surface area (Å²) in [4.78, 5) is 19.9. The molecule has 176 valence electrons. The van der Waals surface area contributed by atoms with Crippen molar-refractivity contribution >= 4 is 35.1 Å². The Labute approximate surface area is 206 Å². The average Bonchev–Trinajstić information content (AvgIpc) is 3.25. The molecule has 34 heavy (non-hydrogen) atoms. The highest BCUT2D eigenvalue weighted by atomic mass is 35.5. The summed E-state index contributed by atoms with van der Waals surface area (Å²) in [6.07, 6.45) is 4.22. The third-order valence-electron chi connectivity index (χ3n) is 6.77. The lowest BCUT2D eigenvalue weighted by molar-refractivity contribution is -0.524. The molecule has 6 nitrogen and oxygen atoms in total. The second-order valence-electron chi connectivity index (χ2n) is 8.99. The monoisotopic (exact) mass is 476 g/mol. The van der Waals surface area contributed by atoms with Crippen molar-refractivity contribution < 1.29 is 9.37 Å². The number of hydrogen-bond donors (Lipinski definition) is 0. The molecule has 5 rings (SSSR count). The van der Waals surface area contributed by atoms with Gasteiger partial charge in [0.25, 0.3) is 5.91 Å². The van der Waals surface area contributed by atoms with Gasteiger partial charge in [0.2, 0.25) is 0 Å². The van der Waals surface area contributed by atoms with Gasteiger partial charge in [0.05, 0.1) is 29.4 Å². The number of rotatable bonds is 4. The maximum absolute atomic E-state index is 13.2. The zero-order valence-corrected chi connectivity index (χ0v) is 20.4. The molecular formula is C27H31ClN5O+. The molecule has 0 spiro atoms. The molecule has 2 aliphatic rings. The van der Waals surface area contributed by atoms with E-state index < -0.39 is 0 Å². The Morgan fingerprint density at radius 2 is 1.56 bits per heavy atom. The van der Waals surface area contributed by atoms with Crippen LogP contribution in [0.3, 0.4) is 0 Å². The normalized spacial score (nSPS) is 16.6. The summed E-state index contributed by atoms with van der Waals surface area (Å²) < 4.78 is 4.29. The number of para-hydroxylation sites is 2. The highest BCUT2D eigenvalue weighted by Crippen LogP contribution is 2.25. The van der Waals surface area contributed by atoms with Crippen molar-refractivity contribution in [3.8, 4) is 0 Å². The Morgan fingerprint density at radius 1 is 0.882 bits per heavy atom. The van der Waals surface area contributed by atoms with E-state index in [1.54, 1.807) is 0 Å². The first-order chi connectivity index (χ1) is 16.6. The Hall–Kier alpha value is -3.25. The van der Waals surface area contributed by atoms with Gasteiger partial charge >= 0.3 is 0 Å². The van der Waals surface area contributed by atoms with Crippen molar-refractivity contribution in [1.29, 1.82) is 0 Å². The van der Waals surface area contributed by atoms with Crippen LogP contribution in [-0.2, 0) is 7.05 Å². The molecule has 2 saturated heterocycles. The van der Waals surface area contributed by atoms with Crippen molar-refractivity contribution in [1.82, 2.24) is 9.47 Å². The van der Waals surface area contributed by atoms with Gasteiger partial charge in [-0.05, 0) is 30.3 Å². The zero-order chi connectivity index (χ0) is 23.5.